The van der Waals surface area contributed by atoms with Crippen LogP contribution in [0.3, 0.4) is 0 Å². The average molecular weight is 493 g/mol. The van der Waals surface area contributed by atoms with E-state index in [-0.39, 0.29) is 11.9 Å². The molecular formula is C29H52N2O4. The summed E-state index contributed by atoms with van der Waals surface area (Å²) in [5, 5.41) is 6.36. The first-order valence-corrected chi connectivity index (χ1v) is 13.9. The van der Waals surface area contributed by atoms with Crippen molar-refractivity contribution in [2.75, 3.05) is 46.2 Å². The Morgan fingerprint density at radius 1 is 0.914 bits per heavy atom. The lowest BCUT2D eigenvalue weighted by molar-refractivity contribution is -0.123. The minimum absolute atomic E-state index is 0.0677. The van der Waals surface area contributed by atoms with Crippen LogP contribution in [0.1, 0.15) is 91.4 Å². The van der Waals surface area contributed by atoms with Gasteiger partial charge in [0.1, 0.15) is 0 Å². The molecule has 35 heavy (non-hydrogen) atoms. The van der Waals surface area contributed by atoms with Gasteiger partial charge in [-0.3, -0.25) is 4.79 Å². The maximum Gasteiger partial charge on any atom is 0.222 e. The van der Waals surface area contributed by atoms with Gasteiger partial charge in [0.2, 0.25) is 5.91 Å². The molecule has 2 unspecified atom stereocenters. The van der Waals surface area contributed by atoms with Crippen LogP contribution < -0.4 is 10.6 Å². The number of carbonyl (C=O) groups excluding carboxylic acids is 1. The van der Waals surface area contributed by atoms with Gasteiger partial charge in [-0.1, -0.05) is 39.2 Å². The van der Waals surface area contributed by atoms with E-state index in [1.807, 2.05) is 6.92 Å². The van der Waals surface area contributed by atoms with E-state index in [2.05, 4.69) is 42.9 Å². The third kappa shape index (κ3) is 19.3. The minimum atomic E-state index is 0.0677. The van der Waals surface area contributed by atoms with E-state index >= 15 is 0 Å². The zero-order chi connectivity index (χ0) is 25.6. The van der Waals surface area contributed by atoms with Crippen molar-refractivity contribution < 1.29 is 19.0 Å². The van der Waals surface area contributed by atoms with Crippen molar-refractivity contribution >= 4 is 5.91 Å². The maximum absolute atomic E-state index is 11.8. The largest absolute Gasteiger partial charge is 0.387 e. The summed E-state index contributed by atoms with van der Waals surface area (Å²) >= 11 is 0. The highest BCUT2D eigenvalue weighted by Gasteiger charge is 2.10. The Kier molecular flexibility index (Phi) is 19.5. The molecule has 2 atom stereocenters. The second-order valence-electron chi connectivity index (χ2n) is 9.93. The number of unbranched alkanes of at least 4 members (excludes halogenated alkanes) is 2. The topological polar surface area (TPSA) is 68.8 Å². The van der Waals surface area contributed by atoms with Crippen molar-refractivity contribution in [1.29, 1.82) is 0 Å². The maximum atomic E-state index is 11.8. The first-order chi connectivity index (χ1) is 17.0. The van der Waals surface area contributed by atoms with Crippen LogP contribution in [-0.4, -0.2) is 58.1 Å². The van der Waals surface area contributed by atoms with Gasteiger partial charge < -0.3 is 24.8 Å². The molecule has 1 rings (SSSR count). The summed E-state index contributed by atoms with van der Waals surface area (Å²) in [4.78, 5) is 11.8. The molecule has 0 saturated heterocycles. The predicted octanol–water partition coefficient (Wildman–Crippen LogP) is 5.22. The molecule has 1 aliphatic carbocycles. The van der Waals surface area contributed by atoms with Crippen LogP contribution in [0, 0.1) is 23.7 Å². The SMILES string of the molecule is C=C(CCC1C#CCCCCC1)NCCOCCOCCCCCOCCC(=O)NC(C)C(C)C. The fourth-order valence-corrected chi connectivity index (χ4v) is 3.69. The second kappa shape index (κ2) is 21.7. The van der Waals surface area contributed by atoms with E-state index in [0.29, 0.717) is 51.3 Å². The Morgan fingerprint density at radius 3 is 2.37 bits per heavy atom. The first-order valence-electron chi connectivity index (χ1n) is 13.9. The fraction of sp³-hybridized carbons (Fsp3) is 0.828. The van der Waals surface area contributed by atoms with Crippen LogP contribution in [0.2, 0.25) is 0 Å². The Balaban J connectivity index is 1.80. The lowest BCUT2D eigenvalue weighted by Crippen LogP contribution is -2.36. The lowest BCUT2D eigenvalue weighted by atomic mass is 9.94. The van der Waals surface area contributed by atoms with Gasteiger partial charge in [-0.2, -0.15) is 0 Å². The molecule has 0 aromatic rings. The number of ether oxygens (including phenoxy) is 3. The average Bonchev–Trinajstić information content (AvgIpc) is 2.80. The quantitative estimate of drug-likeness (QED) is 0.170. The molecule has 0 bridgehead atoms. The van der Waals surface area contributed by atoms with Crippen LogP contribution in [0.25, 0.3) is 0 Å². The smallest absolute Gasteiger partial charge is 0.222 e. The third-order valence-electron chi connectivity index (χ3n) is 6.39. The van der Waals surface area contributed by atoms with Crippen molar-refractivity contribution in [3.05, 3.63) is 12.3 Å². The molecule has 0 aliphatic heterocycles. The highest BCUT2D eigenvalue weighted by atomic mass is 16.5. The van der Waals surface area contributed by atoms with Crippen molar-refractivity contribution in [2.24, 2.45) is 11.8 Å². The summed E-state index contributed by atoms with van der Waals surface area (Å²) in [5.74, 6) is 7.80. The molecule has 6 heteroatoms. The molecule has 0 fully saturated rings. The summed E-state index contributed by atoms with van der Waals surface area (Å²) in [7, 11) is 0. The van der Waals surface area contributed by atoms with E-state index in [0.717, 1.165) is 57.4 Å². The van der Waals surface area contributed by atoms with E-state index < -0.39 is 0 Å². The predicted molar refractivity (Wildman–Crippen MR) is 144 cm³/mol. The van der Waals surface area contributed by atoms with E-state index in [4.69, 9.17) is 14.2 Å². The molecule has 0 saturated carbocycles. The van der Waals surface area contributed by atoms with Crippen molar-refractivity contribution in [3.63, 3.8) is 0 Å². The van der Waals surface area contributed by atoms with Crippen LogP contribution in [-0.2, 0) is 19.0 Å². The Labute approximate surface area is 215 Å². The molecule has 0 spiro atoms. The molecular weight excluding hydrogens is 440 g/mol. The number of hydrogen-bond donors (Lipinski definition) is 2. The highest BCUT2D eigenvalue weighted by Crippen LogP contribution is 2.19. The molecule has 6 nitrogen and oxygen atoms in total. The zero-order valence-corrected chi connectivity index (χ0v) is 22.8. The van der Waals surface area contributed by atoms with E-state index in [9.17, 15) is 4.79 Å². The summed E-state index contributed by atoms with van der Waals surface area (Å²) in [6, 6.07) is 0.204. The minimum Gasteiger partial charge on any atom is -0.387 e. The van der Waals surface area contributed by atoms with Gasteiger partial charge in [0.25, 0.3) is 0 Å². The van der Waals surface area contributed by atoms with Gasteiger partial charge in [0, 0.05) is 50.3 Å². The summed E-state index contributed by atoms with van der Waals surface area (Å²) < 4.78 is 16.8. The Morgan fingerprint density at radius 2 is 1.63 bits per heavy atom. The fourth-order valence-electron chi connectivity index (χ4n) is 3.69. The third-order valence-corrected chi connectivity index (χ3v) is 6.39. The van der Waals surface area contributed by atoms with Crippen molar-refractivity contribution in [2.45, 2.75) is 97.4 Å². The number of rotatable bonds is 21. The number of amides is 1. The van der Waals surface area contributed by atoms with Crippen LogP contribution in [0.15, 0.2) is 12.3 Å². The van der Waals surface area contributed by atoms with Gasteiger partial charge >= 0.3 is 0 Å². The van der Waals surface area contributed by atoms with Gasteiger partial charge in [0.15, 0.2) is 0 Å². The van der Waals surface area contributed by atoms with Crippen molar-refractivity contribution in [1.82, 2.24) is 10.6 Å². The monoisotopic (exact) mass is 492 g/mol. The van der Waals surface area contributed by atoms with Gasteiger partial charge in [0.05, 0.1) is 26.4 Å². The molecule has 202 valence electrons. The van der Waals surface area contributed by atoms with Crippen LogP contribution >= 0.6 is 0 Å². The molecule has 0 aromatic carbocycles. The molecule has 0 heterocycles. The van der Waals surface area contributed by atoms with E-state index in [1.54, 1.807) is 0 Å². The molecule has 2 N–H and O–H groups in total. The molecule has 0 radical (unpaired) electrons. The van der Waals surface area contributed by atoms with Gasteiger partial charge in [-0.15, -0.1) is 5.92 Å². The molecule has 1 amide bonds. The second-order valence-corrected chi connectivity index (χ2v) is 9.93. The molecule has 0 aromatic heterocycles. The van der Waals surface area contributed by atoms with Crippen LogP contribution in [0.4, 0.5) is 0 Å². The van der Waals surface area contributed by atoms with Gasteiger partial charge in [-0.25, -0.2) is 0 Å². The summed E-state index contributed by atoms with van der Waals surface area (Å²) in [6.45, 7) is 15.0. The highest BCUT2D eigenvalue weighted by molar-refractivity contribution is 5.76. The normalized spacial score (nSPS) is 16.6. The lowest BCUT2D eigenvalue weighted by Gasteiger charge is -2.17. The number of hydrogen-bond acceptors (Lipinski definition) is 5. The summed E-state index contributed by atoms with van der Waals surface area (Å²) in [6.07, 6.45) is 11.8. The van der Waals surface area contributed by atoms with Crippen LogP contribution in [0.5, 0.6) is 0 Å². The first kappa shape index (κ1) is 31.5. The standard InChI is InChI=1S/C29H52N2O4/c1-25(2)27(4)31-29(32)17-21-33-19-11-8-12-20-34-23-24-35-22-18-30-26(3)15-16-28-13-9-6-5-7-10-14-28/h25,27-28,30H,3,5-9,11-13,15-24H2,1-2,4H3,(H,31,32). The van der Waals surface area contributed by atoms with Crippen molar-refractivity contribution in [3.8, 4) is 11.8 Å². The molecule has 1 aliphatic rings. The Hall–Kier alpha value is -1.55. The zero-order valence-electron chi connectivity index (χ0n) is 22.8. The number of nitrogens with one attached hydrogen (secondary N) is 2. The summed E-state index contributed by atoms with van der Waals surface area (Å²) in [5.41, 5.74) is 1.08. The number of carbonyl (C=O) groups is 1. The van der Waals surface area contributed by atoms with E-state index in [1.165, 1.54) is 25.7 Å². The Bertz CT molecular complexity index is 612. The number of allylic oxidation sites excluding steroid dienone is 1. The van der Waals surface area contributed by atoms with Gasteiger partial charge in [-0.05, 0) is 57.8 Å².